The number of carboxylic acids is 1. The molecule has 0 saturated carbocycles. The number of benzene rings is 1. The molecule has 0 aliphatic rings. The minimum absolute atomic E-state index is 0.458. The summed E-state index contributed by atoms with van der Waals surface area (Å²) in [5, 5.41) is 8.62. The highest BCUT2D eigenvalue weighted by Gasteiger charge is 2.07. The van der Waals surface area contributed by atoms with E-state index in [-0.39, 0.29) is 0 Å². The van der Waals surface area contributed by atoms with Crippen LogP contribution < -0.4 is 0 Å². The monoisotopic (exact) mass is 137 g/mol. The van der Waals surface area contributed by atoms with Crippen molar-refractivity contribution in [3.8, 4) is 0 Å². The molecule has 0 bridgehead atoms. The average molecular weight is 137 g/mol. The molecule has 0 spiro atoms. The maximum Gasteiger partial charge on any atom is 0.515 e. The Morgan fingerprint density at radius 3 is 2.60 bits per heavy atom. The summed E-state index contributed by atoms with van der Waals surface area (Å²) < 4.78 is 0. The zero-order chi connectivity index (χ0) is 7.56. The first-order valence-electron chi connectivity index (χ1n) is 3.02. The largest absolute Gasteiger partial charge is 0.515 e. The van der Waals surface area contributed by atoms with Crippen molar-refractivity contribution in [2.75, 3.05) is 0 Å². The fraction of sp³-hybridized carbons (Fsp3) is 0.125. The van der Waals surface area contributed by atoms with Gasteiger partial charge in [0.15, 0.2) is 0 Å². The number of carboxylic acid groups (broad SMARTS) is 1. The Morgan fingerprint density at radius 1 is 1.50 bits per heavy atom. The van der Waals surface area contributed by atoms with Gasteiger partial charge < -0.3 is 9.90 Å². The molecule has 0 radical (unpaired) electrons. The first kappa shape index (κ1) is 6.81. The molecular weight excluding hydrogens is 128 g/mol. The van der Waals surface area contributed by atoms with Gasteiger partial charge in [0.2, 0.25) is 0 Å². The van der Waals surface area contributed by atoms with E-state index < -0.39 is 5.97 Å². The first-order chi connectivity index (χ1) is 4.70. The SMILES string of the molecule is Cc1cccc(C(O)=[OH+])c1. The molecule has 2 N–H and O–H groups in total. The van der Waals surface area contributed by atoms with Crippen molar-refractivity contribution in [3.63, 3.8) is 0 Å². The van der Waals surface area contributed by atoms with E-state index in [4.69, 9.17) is 9.90 Å². The quantitative estimate of drug-likeness (QED) is 0.584. The number of rotatable bonds is 1. The zero-order valence-electron chi connectivity index (χ0n) is 5.70. The van der Waals surface area contributed by atoms with Crippen LogP contribution >= 0.6 is 0 Å². The lowest BCUT2D eigenvalue weighted by Crippen LogP contribution is -1.97. The van der Waals surface area contributed by atoms with Crippen LogP contribution in [0.25, 0.3) is 0 Å². The van der Waals surface area contributed by atoms with Gasteiger partial charge in [-0.2, -0.15) is 0 Å². The van der Waals surface area contributed by atoms with E-state index in [0.29, 0.717) is 5.56 Å². The third-order valence-corrected chi connectivity index (χ3v) is 1.28. The highest BCUT2D eigenvalue weighted by molar-refractivity contribution is 5.88. The van der Waals surface area contributed by atoms with Gasteiger partial charge in [-0.25, -0.2) is 0 Å². The van der Waals surface area contributed by atoms with Gasteiger partial charge in [0.1, 0.15) is 5.56 Å². The van der Waals surface area contributed by atoms with Crippen LogP contribution in [0.1, 0.15) is 11.1 Å². The minimum Gasteiger partial charge on any atom is -0.335 e. The summed E-state index contributed by atoms with van der Waals surface area (Å²) >= 11 is 0. The third-order valence-electron chi connectivity index (χ3n) is 1.28. The van der Waals surface area contributed by atoms with Gasteiger partial charge in [0.05, 0.1) is 0 Å². The summed E-state index contributed by atoms with van der Waals surface area (Å²) in [7, 11) is 0. The molecule has 2 nitrogen and oxygen atoms in total. The molecule has 1 rings (SSSR count). The lowest BCUT2D eigenvalue weighted by atomic mass is 10.1. The van der Waals surface area contributed by atoms with Crippen LogP contribution in [0.3, 0.4) is 0 Å². The molecule has 52 valence electrons. The van der Waals surface area contributed by atoms with Crippen molar-refractivity contribution in [2.24, 2.45) is 0 Å². The molecule has 0 aliphatic carbocycles. The highest BCUT2D eigenvalue weighted by Crippen LogP contribution is 2.02. The Hall–Kier alpha value is -1.31. The average Bonchev–Trinajstić information content (AvgIpc) is 1.88. The Balaban J connectivity index is 3.07. The molecule has 0 aliphatic heterocycles. The third kappa shape index (κ3) is 1.35. The van der Waals surface area contributed by atoms with Gasteiger partial charge >= 0.3 is 5.97 Å². The maximum absolute atomic E-state index is 8.62. The fourth-order valence-electron chi connectivity index (χ4n) is 0.784. The summed E-state index contributed by atoms with van der Waals surface area (Å²) in [6.07, 6.45) is 0. The van der Waals surface area contributed by atoms with E-state index in [1.54, 1.807) is 18.2 Å². The van der Waals surface area contributed by atoms with Gasteiger partial charge in [-0.3, -0.25) is 0 Å². The molecule has 0 fully saturated rings. The van der Waals surface area contributed by atoms with Crippen LogP contribution in [0.5, 0.6) is 0 Å². The topological polar surface area (TPSA) is 41.6 Å². The molecule has 2 heteroatoms. The Labute approximate surface area is 59.1 Å². The summed E-state index contributed by atoms with van der Waals surface area (Å²) in [5.74, 6) is -0.622. The van der Waals surface area contributed by atoms with Crippen molar-refractivity contribution in [1.82, 2.24) is 0 Å². The molecule has 0 saturated heterocycles. The first-order valence-corrected chi connectivity index (χ1v) is 3.02. The highest BCUT2D eigenvalue weighted by atomic mass is 16.4. The van der Waals surface area contributed by atoms with Crippen LogP contribution in [-0.2, 0) is 0 Å². The van der Waals surface area contributed by atoms with Gasteiger partial charge in [0.25, 0.3) is 0 Å². The zero-order valence-corrected chi connectivity index (χ0v) is 5.70. The second kappa shape index (κ2) is 2.52. The van der Waals surface area contributed by atoms with Gasteiger partial charge in [-0.1, -0.05) is 17.7 Å². The van der Waals surface area contributed by atoms with Crippen molar-refractivity contribution >= 4 is 5.97 Å². The number of aromatic carboxylic acids is 1. The van der Waals surface area contributed by atoms with Crippen molar-refractivity contribution in [1.29, 1.82) is 0 Å². The molecule has 0 amide bonds. The normalized spacial score (nSPS) is 9.30. The fourth-order valence-corrected chi connectivity index (χ4v) is 0.784. The lowest BCUT2D eigenvalue weighted by Gasteiger charge is -1.89. The van der Waals surface area contributed by atoms with Crippen molar-refractivity contribution < 1.29 is 9.90 Å². The van der Waals surface area contributed by atoms with Crippen LogP contribution in [0.4, 0.5) is 0 Å². The van der Waals surface area contributed by atoms with E-state index in [9.17, 15) is 0 Å². The predicted octanol–water partition coefficient (Wildman–Crippen LogP) is 1.40. The number of aliphatic hydroxyl groups excluding tert-OH is 1. The Morgan fingerprint density at radius 2 is 2.20 bits per heavy atom. The summed E-state index contributed by atoms with van der Waals surface area (Å²) in [4.78, 5) is 8.62. The van der Waals surface area contributed by atoms with Crippen LogP contribution in [0.15, 0.2) is 24.3 Å². The van der Waals surface area contributed by atoms with Gasteiger partial charge in [-0.15, -0.1) is 0 Å². The molecule has 0 heterocycles. The molecule has 1 aromatic rings. The Bertz CT molecular complexity index is 253. The minimum atomic E-state index is -0.622. The van der Waals surface area contributed by atoms with Crippen LogP contribution in [0.2, 0.25) is 0 Å². The van der Waals surface area contributed by atoms with Gasteiger partial charge in [0, 0.05) is 0 Å². The van der Waals surface area contributed by atoms with E-state index in [1.165, 1.54) is 0 Å². The molecule has 0 atom stereocenters. The molecule has 0 aromatic heterocycles. The van der Waals surface area contributed by atoms with E-state index in [0.717, 1.165) is 5.56 Å². The predicted molar refractivity (Wildman–Crippen MR) is 39.9 cm³/mol. The summed E-state index contributed by atoms with van der Waals surface area (Å²) in [6, 6.07) is 7.02. The van der Waals surface area contributed by atoms with E-state index in [2.05, 4.69) is 0 Å². The Kier molecular flexibility index (Phi) is 1.71. The second-order valence-corrected chi connectivity index (χ2v) is 2.19. The van der Waals surface area contributed by atoms with Crippen LogP contribution in [-0.4, -0.2) is 15.9 Å². The number of hydrogen-bond acceptors (Lipinski definition) is 0. The van der Waals surface area contributed by atoms with Gasteiger partial charge in [-0.05, 0) is 19.1 Å². The molecule has 1 aromatic carbocycles. The van der Waals surface area contributed by atoms with Crippen LogP contribution in [0, 0.1) is 6.92 Å². The maximum atomic E-state index is 8.62. The van der Waals surface area contributed by atoms with Crippen molar-refractivity contribution in [2.45, 2.75) is 6.92 Å². The molecular formula is C8H9O2+. The van der Waals surface area contributed by atoms with E-state index >= 15 is 0 Å². The number of hydrogen-bond donors (Lipinski definition) is 1. The summed E-state index contributed by atoms with van der Waals surface area (Å²) in [5.41, 5.74) is 1.47. The van der Waals surface area contributed by atoms with Crippen molar-refractivity contribution in [3.05, 3.63) is 35.4 Å². The van der Waals surface area contributed by atoms with E-state index in [1.807, 2.05) is 13.0 Å². The second-order valence-electron chi connectivity index (χ2n) is 2.19. The molecule has 10 heavy (non-hydrogen) atoms. The lowest BCUT2D eigenvalue weighted by molar-refractivity contribution is 0.463. The molecule has 0 unspecified atom stereocenters. The smallest absolute Gasteiger partial charge is 0.335 e. The summed E-state index contributed by atoms with van der Waals surface area (Å²) in [6.45, 7) is 1.90. The standard InChI is InChI=1S/C8H8O2/c1-6-3-2-4-7(5-6)8(9)10/h2-5H,1H3,(H,9,10)/p+1. The number of aryl methyl sites for hydroxylation is 1.